The molecule has 0 radical (unpaired) electrons. The lowest BCUT2D eigenvalue weighted by atomic mass is 10.2. The zero-order chi connectivity index (χ0) is 13.8. The predicted octanol–water partition coefficient (Wildman–Crippen LogP) is 1.22. The fraction of sp³-hybridized carbons (Fsp3) is 0.455. The second-order valence-electron chi connectivity index (χ2n) is 3.94. The van der Waals surface area contributed by atoms with Crippen molar-refractivity contribution in [2.24, 2.45) is 0 Å². The van der Waals surface area contributed by atoms with Gasteiger partial charge in [0.25, 0.3) is 0 Å². The summed E-state index contributed by atoms with van der Waals surface area (Å²) < 4.78 is 15.3. The van der Waals surface area contributed by atoms with Crippen LogP contribution in [0.25, 0.3) is 11.3 Å². The van der Waals surface area contributed by atoms with Gasteiger partial charge in [0.2, 0.25) is 0 Å². The van der Waals surface area contributed by atoms with E-state index in [1.165, 1.54) is 4.68 Å². The highest BCUT2D eigenvalue weighted by Gasteiger charge is 2.21. The Kier molecular flexibility index (Phi) is 3.88. The fourth-order valence-corrected chi connectivity index (χ4v) is 1.77. The molecule has 1 N–H and O–H groups in total. The molecule has 0 aliphatic heterocycles. The minimum Gasteiger partial charge on any atom is -0.476 e. The molecule has 0 unspecified atom stereocenters. The molecule has 8 heteroatoms. The SMILES string of the molecule is CCn1cc(-c2c(C(=O)O)nnn2CCCF)cn1. The van der Waals surface area contributed by atoms with Crippen molar-refractivity contribution in [3.05, 3.63) is 18.1 Å². The van der Waals surface area contributed by atoms with Crippen LogP contribution in [0, 0.1) is 0 Å². The summed E-state index contributed by atoms with van der Waals surface area (Å²) in [5, 5.41) is 20.6. The molecule has 0 spiro atoms. The Morgan fingerprint density at radius 1 is 1.53 bits per heavy atom. The molecule has 2 heterocycles. The Hall–Kier alpha value is -2.25. The van der Waals surface area contributed by atoms with Crippen LogP contribution in [0.15, 0.2) is 12.4 Å². The van der Waals surface area contributed by atoms with Gasteiger partial charge in [-0.05, 0) is 13.3 Å². The molecular formula is C11H14FN5O2. The number of rotatable bonds is 6. The third kappa shape index (κ3) is 2.61. The second kappa shape index (κ2) is 5.59. The van der Waals surface area contributed by atoms with Gasteiger partial charge in [-0.15, -0.1) is 5.10 Å². The Bertz CT molecular complexity index is 577. The van der Waals surface area contributed by atoms with Gasteiger partial charge in [-0.2, -0.15) is 5.10 Å². The van der Waals surface area contributed by atoms with Gasteiger partial charge in [0, 0.05) is 24.8 Å². The molecule has 0 saturated carbocycles. The van der Waals surface area contributed by atoms with Gasteiger partial charge in [-0.25, -0.2) is 9.48 Å². The van der Waals surface area contributed by atoms with E-state index in [9.17, 15) is 9.18 Å². The Balaban J connectivity index is 2.44. The largest absolute Gasteiger partial charge is 0.476 e. The summed E-state index contributed by atoms with van der Waals surface area (Å²) >= 11 is 0. The Labute approximate surface area is 108 Å². The smallest absolute Gasteiger partial charge is 0.358 e. The summed E-state index contributed by atoms with van der Waals surface area (Å²) in [6, 6.07) is 0. The highest BCUT2D eigenvalue weighted by molar-refractivity contribution is 5.92. The summed E-state index contributed by atoms with van der Waals surface area (Å²) in [7, 11) is 0. The molecule has 0 atom stereocenters. The maximum Gasteiger partial charge on any atom is 0.358 e. The van der Waals surface area contributed by atoms with Gasteiger partial charge in [0.05, 0.1) is 12.9 Å². The van der Waals surface area contributed by atoms with Crippen molar-refractivity contribution in [3.63, 3.8) is 0 Å². The molecule has 0 amide bonds. The van der Waals surface area contributed by atoms with Crippen molar-refractivity contribution in [1.29, 1.82) is 0 Å². The van der Waals surface area contributed by atoms with Crippen molar-refractivity contribution in [2.75, 3.05) is 6.67 Å². The lowest BCUT2D eigenvalue weighted by Crippen LogP contribution is -2.05. The van der Waals surface area contributed by atoms with Crippen LogP contribution in [0.5, 0.6) is 0 Å². The monoisotopic (exact) mass is 267 g/mol. The van der Waals surface area contributed by atoms with Gasteiger partial charge in [0.1, 0.15) is 5.69 Å². The number of aryl methyl sites for hydroxylation is 2. The van der Waals surface area contributed by atoms with Crippen LogP contribution in [0.3, 0.4) is 0 Å². The van der Waals surface area contributed by atoms with E-state index < -0.39 is 12.6 Å². The van der Waals surface area contributed by atoms with Crippen molar-refractivity contribution in [1.82, 2.24) is 24.8 Å². The first-order valence-corrected chi connectivity index (χ1v) is 5.93. The van der Waals surface area contributed by atoms with Gasteiger partial charge < -0.3 is 5.11 Å². The number of aromatic nitrogens is 5. The van der Waals surface area contributed by atoms with Crippen molar-refractivity contribution < 1.29 is 14.3 Å². The lowest BCUT2D eigenvalue weighted by Gasteiger charge is -2.03. The molecule has 102 valence electrons. The summed E-state index contributed by atoms with van der Waals surface area (Å²) in [6.07, 6.45) is 3.54. The molecule has 2 aromatic rings. The van der Waals surface area contributed by atoms with Gasteiger partial charge in [0.15, 0.2) is 5.69 Å². The molecular weight excluding hydrogens is 253 g/mol. The average Bonchev–Trinajstić information content (AvgIpc) is 3.01. The number of aromatic carboxylic acids is 1. The highest BCUT2D eigenvalue weighted by atomic mass is 19.1. The van der Waals surface area contributed by atoms with Crippen molar-refractivity contribution in [3.8, 4) is 11.3 Å². The molecule has 2 rings (SSSR count). The molecule has 0 aromatic carbocycles. The topological polar surface area (TPSA) is 85.8 Å². The number of carboxylic acids is 1. The third-order valence-corrected chi connectivity index (χ3v) is 2.67. The van der Waals surface area contributed by atoms with E-state index in [1.807, 2.05) is 6.92 Å². The quantitative estimate of drug-likeness (QED) is 0.850. The molecule has 0 fully saturated rings. The Morgan fingerprint density at radius 3 is 2.89 bits per heavy atom. The van der Waals surface area contributed by atoms with Crippen LogP contribution in [0.2, 0.25) is 0 Å². The van der Waals surface area contributed by atoms with Crippen molar-refractivity contribution >= 4 is 5.97 Å². The number of carbonyl (C=O) groups is 1. The standard InChI is InChI=1S/C11H14FN5O2/c1-2-16-7-8(6-13-16)10-9(11(18)19)14-15-17(10)5-3-4-12/h6-7H,2-5H2,1H3,(H,18,19). The van der Waals surface area contributed by atoms with Crippen LogP contribution in [-0.4, -0.2) is 42.5 Å². The summed E-state index contributed by atoms with van der Waals surface area (Å²) in [5.74, 6) is -1.16. The molecule has 0 aliphatic carbocycles. The lowest BCUT2D eigenvalue weighted by molar-refractivity contribution is 0.0691. The molecule has 0 saturated heterocycles. The zero-order valence-electron chi connectivity index (χ0n) is 10.5. The summed E-state index contributed by atoms with van der Waals surface area (Å²) in [6.45, 7) is 2.39. The van der Waals surface area contributed by atoms with Crippen LogP contribution in [0.4, 0.5) is 4.39 Å². The first kappa shape index (κ1) is 13.2. The number of hydrogen-bond acceptors (Lipinski definition) is 4. The number of nitrogens with zero attached hydrogens (tertiary/aromatic N) is 5. The van der Waals surface area contributed by atoms with Crippen LogP contribution in [0.1, 0.15) is 23.8 Å². The summed E-state index contributed by atoms with van der Waals surface area (Å²) in [5.41, 5.74) is 0.832. The molecule has 2 aromatic heterocycles. The molecule has 7 nitrogen and oxygen atoms in total. The number of alkyl halides is 1. The number of hydrogen-bond donors (Lipinski definition) is 1. The van der Waals surface area contributed by atoms with E-state index in [0.29, 0.717) is 17.8 Å². The van der Waals surface area contributed by atoms with Gasteiger partial charge in [-0.1, -0.05) is 5.21 Å². The summed E-state index contributed by atoms with van der Waals surface area (Å²) in [4.78, 5) is 11.1. The zero-order valence-corrected chi connectivity index (χ0v) is 10.5. The number of halogens is 1. The van der Waals surface area contributed by atoms with Crippen LogP contribution >= 0.6 is 0 Å². The van der Waals surface area contributed by atoms with Gasteiger partial charge in [-0.3, -0.25) is 9.07 Å². The predicted molar refractivity (Wildman–Crippen MR) is 64.5 cm³/mol. The molecule has 19 heavy (non-hydrogen) atoms. The number of carboxylic acid groups (broad SMARTS) is 1. The molecule has 0 bridgehead atoms. The van der Waals surface area contributed by atoms with Gasteiger partial charge >= 0.3 is 5.97 Å². The Morgan fingerprint density at radius 2 is 2.32 bits per heavy atom. The van der Waals surface area contributed by atoms with Crippen LogP contribution in [-0.2, 0) is 13.1 Å². The average molecular weight is 267 g/mol. The maximum absolute atomic E-state index is 12.2. The minimum absolute atomic E-state index is 0.144. The van der Waals surface area contributed by atoms with Crippen molar-refractivity contribution in [2.45, 2.75) is 26.4 Å². The molecule has 0 aliphatic rings. The van der Waals surface area contributed by atoms with E-state index in [0.717, 1.165) is 0 Å². The van der Waals surface area contributed by atoms with E-state index in [1.54, 1.807) is 17.1 Å². The van der Waals surface area contributed by atoms with E-state index >= 15 is 0 Å². The second-order valence-corrected chi connectivity index (χ2v) is 3.94. The van der Waals surface area contributed by atoms with E-state index in [2.05, 4.69) is 15.4 Å². The third-order valence-electron chi connectivity index (χ3n) is 2.67. The van der Waals surface area contributed by atoms with E-state index in [4.69, 9.17) is 5.11 Å². The van der Waals surface area contributed by atoms with E-state index in [-0.39, 0.29) is 18.7 Å². The minimum atomic E-state index is -1.16. The highest BCUT2D eigenvalue weighted by Crippen LogP contribution is 2.22. The first-order valence-electron chi connectivity index (χ1n) is 5.93. The normalized spacial score (nSPS) is 10.8. The fourth-order valence-electron chi connectivity index (χ4n) is 1.77. The van der Waals surface area contributed by atoms with Crippen LogP contribution < -0.4 is 0 Å². The first-order chi connectivity index (χ1) is 9.17. The maximum atomic E-state index is 12.2.